The number of rotatable bonds is 10. The number of benzene rings is 7. The molecule has 0 unspecified atom stereocenters. The van der Waals surface area contributed by atoms with Crippen LogP contribution in [0.4, 0.5) is 0 Å². The van der Waals surface area contributed by atoms with Gasteiger partial charge < -0.3 is 0 Å². The first-order valence-corrected chi connectivity index (χ1v) is 23.4. The summed E-state index contributed by atoms with van der Waals surface area (Å²) in [6.45, 7) is 6.80. The largest absolute Gasteiger partial charge is 0.282 e. The molecule has 5 heteroatoms. The van der Waals surface area contributed by atoms with Gasteiger partial charge in [-0.25, -0.2) is 0 Å². The van der Waals surface area contributed by atoms with Gasteiger partial charge in [0.25, 0.3) is 10.0 Å². The number of aryl methyl sites for hydroxylation is 1. The minimum absolute atomic E-state index is 0.0824. The van der Waals surface area contributed by atoms with Crippen molar-refractivity contribution in [3.05, 3.63) is 229 Å². The van der Waals surface area contributed by atoms with Gasteiger partial charge >= 0.3 is 0 Å². The normalized spacial score (nSPS) is 21.5. The zero-order valence-electron chi connectivity index (χ0n) is 32.9. The van der Waals surface area contributed by atoms with Gasteiger partial charge in [0.2, 0.25) is 0 Å². The fraction of sp³-hybridized carbons (Fsp3) is 0.173. The van der Waals surface area contributed by atoms with E-state index < -0.39 is 23.5 Å². The minimum atomic E-state index is -4.15. The zero-order chi connectivity index (χ0) is 39.5. The maximum absolute atomic E-state index is 14.9. The van der Waals surface area contributed by atoms with E-state index in [1.165, 1.54) is 26.7 Å². The van der Waals surface area contributed by atoms with Crippen molar-refractivity contribution in [2.75, 3.05) is 0 Å². The van der Waals surface area contributed by atoms with Crippen LogP contribution in [0.3, 0.4) is 0 Å². The second-order valence-electron chi connectivity index (χ2n) is 16.2. The number of sulfonamides is 1. The molecule has 0 saturated heterocycles. The van der Waals surface area contributed by atoms with Gasteiger partial charge in [-0.15, -0.1) is 0 Å². The Bertz CT molecular complexity index is 2450. The van der Waals surface area contributed by atoms with E-state index >= 15 is 0 Å². The summed E-state index contributed by atoms with van der Waals surface area (Å²) in [5.74, 6) is -0.341. The third kappa shape index (κ3) is 7.15. The molecule has 1 aliphatic carbocycles. The van der Waals surface area contributed by atoms with Gasteiger partial charge in [-0.05, 0) is 75.1 Å². The summed E-state index contributed by atoms with van der Waals surface area (Å²) in [6.07, 6.45) is 1.60. The fourth-order valence-electron chi connectivity index (χ4n) is 10.1. The predicted molar refractivity (Wildman–Crippen MR) is 239 cm³/mol. The van der Waals surface area contributed by atoms with Gasteiger partial charge in [-0.2, -0.15) is 12.8 Å². The van der Waals surface area contributed by atoms with Crippen LogP contribution < -0.4 is 15.6 Å². The maximum Gasteiger partial charge on any atom is 0.282 e. The summed E-state index contributed by atoms with van der Waals surface area (Å²) in [6, 6.07) is 72.2. The Hall–Kier alpha value is -5.62. The topological polar surface area (TPSA) is 46.5 Å². The lowest BCUT2D eigenvalue weighted by Crippen LogP contribution is -2.74. The predicted octanol–water partition coefficient (Wildman–Crippen LogP) is 10.0. The first kappa shape index (κ1) is 38.3. The molecule has 0 N–H and O–H groups in total. The van der Waals surface area contributed by atoms with Crippen molar-refractivity contribution in [3.8, 4) is 0 Å². The van der Waals surface area contributed by atoms with E-state index in [1.807, 2.05) is 49.4 Å². The smallest absolute Gasteiger partial charge is 0.199 e. The second kappa shape index (κ2) is 15.7. The van der Waals surface area contributed by atoms with E-state index in [0.717, 1.165) is 24.0 Å². The molecule has 1 aliphatic rings. The van der Waals surface area contributed by atoms with Gasteiger partial charge in [0.1, 0.15) is 0 Å². The lowest BCUT2D eigenvalue weighted by molar-refractivity contribution is 0.173. The summed E-state index contributed by atoms with van der Waals surface area (Å²) in [7, 11) is -7.31. The molecule has 7 aromatic carbocycles. The Morgan fingerprint density at radius 2 is 0.947 bits per heavy atom. The Morgan fingerprint density at radius 3 is 1.40 bits per heavy atom. The number of hydrogen-bond donors (Lipinski definition) is 0. The summed E-state index contributed by atoms with van der Waals surface area (Å²) >= 11 is 0. The molecular formula is C52H49NO2SSi. The Balaban J connectivity index is 1.55. The van der Waals surface area contributed by atoms with Crippen LogP contribution in [-0.4, -0.2) is 22.2 Å². The quantitative estimate of drug-likeness (QED) is 0.0789. The van der Waals surface area contributed by atoms with Gasteiger partial charge in [-0.3, -0.25) is 0 Å². The minimum Gasteiger partial charge on any atom is -0.199 e. The number of hydrogen-bond acceptors (Lipinski definition) is 2. The second-order valence-corrected chi connectivity index (χ2v) is 21.9. The molecule has 0 aliphatic heterocycles. The average molecular weight is 780 g/mol. The molecule has 3 nitrogen and oxygen atoms in total. The molecule has 0 spiro atoms. The molecule has 1 saturated carbocycles. The van der Waals surface area contributed by atoms with Gasteiger partial charge in [-0.1, -0.05) is 214 Å². The highest BCUT2D eigenvalue weighted by atomic mass is 32.2. The lowest BCUT2D eigenvalue weighted by Gasteiger charge is -2.59. The third-order valence-electron chi connectivity index (χ3n) is 12.6. The highest BCUT2D eigenvalue weighted by Crippen LogP contribution is 2.60. The highest BCUT2D eigenvalue weighted by Gasteiger charge is 2.61. The highest BCUT2D eigenvalue weighted by molar-refractivity contribution is 7.90. The van der Waals surface area contributed by atoms with Crippen LogP contribution in [0.25, 0.3) is 0 Å². The van der Waals surface area contributed by atoms with Crippen LogP contribution in [0.15, 0.2) is 216 Å². The first-order valence-electron chi connectivity index (χ1n) is 19.9. The molecule has 0 radical (unpaired) electrons. The van der Waals surface area contributed by atoms with Crippen LogP contribution in [0, 0.1) is 12.8 Å². The monoisotopic (exact) mass is 779 g/mol. The van der Waals surface area contributed by atoms with E-state index in [0.29, 0.717) is 5.71 Å². The fourth-order valence-corrected chi connectivity index (χ4v) is 17.4. The van der Waals surface area contributed by atoms with Crippen molar-refractivity contribution < 1.29 is 8.42 Å². The standard InChI is InChI=1S/C52H49NO2SSi/c1-40-34-36-44(37-35-40)56(54,55)53-50(41-22-10-4-11-23-41)49-48(38-51(2,42-24-12-5-13-25-42)39-52(49,3)43-26-14-6-15-27-43)57(45-28-16-7-17-29-45,46-30-18-8-19-31-46)47-32-20-9-21-33-47/h4-37,48-49H,38-39H2,1-3H3/b53-50+/t48-,49-,51+,52+/m0/s1. The molecule has 0 amide bonds. The van der Waals surface area contributed by atoms with Crippen LogP contribution in [-0.2, 0) is 20.9 Å². The van der Waals surface area contributed by atoms with Crippen molar-refractivity contribution in [2.24, 2.45) is 10.3 Å². The molecule has 0 heterocycles. The van der Waals surface area contributed by atoms with E-state index in [1.54, 1.807) is 12.1 Å². The first-order chi connectivity index (χ1) is 27.6. The van der Waals surface area contributed by atoms with Crippen molar-refractivity contribution in [3.63, 3.8) is 0 Å². The SMILES string of the molecule is Cc1ccc(S(=O)(=O)/N=C(\c2ccccc2)[C@@H]2[C@@H]([Si](c3ccccc3)(c3ccccc3)c3ccccc3)C[C@@](C)(c3ccccc3)C[C@]2(C)c2ccccc2)cc1. The molecule has 4 atom stereocenters. The Morgan fingerprint density at radius 1 is 0.544 bits per heavy atom. The summed E-state index contributed by atoms with van der Waals surface area (Å²) in [4.78, 5) is 0.196. The van der Waals surface area contributed by atoms with Crippen molar-refractivity contribution >= 4 is 39.4 Å². The molecule has 0 aromatic heterocycles. The third-order valence-corrected chi connectivity index (χ3v) is 19.3. The molecule has 284 valence electrons. The van der Waals surface area contributed by atoms with E-state index in [2.05, 4.69) is 166 Å². The lowest BCUT2D eigenvalue weighted by atomic mass is 9.53. The van der Waals surface area contributed by atoms with E-state index in [9.17, 15) is 8.42 Å². The Kier molecular flexibility index (Phi) is 10.6. The van der Waals surface area contributed by atoms with Crippen molar-refractivity contribution in [2.45, 2.75) is 54.9 Å². The van der Waals surface area contributed by atoms with Crippen LogP contribution in [0.5, 0.6) is 0 Å². The van der Waals surface area contributed by atoms with Crippen molar-refractivity contribution in [1.82, 2.24) is 0 Å². The zero-order valence-corrected chi connectivity index (χ0v) is 34.7. The van der Waals surface area contributed by atoms with Crippen LogP contribution in [0.2, 0.25) is 5.54 Å². The Labute approximate surface area is 339 Å². The summed E-state index contributed by atoms with van der Waals surface area (Å²) in [5, 5.41) is 3.87. The molecule has 8 rings (SSSR count). The molecular weight excluding hydrogens is 731 g/mol. The van der Waals surface area contributed by atoms with E-state index in [-0.39, 0.29) is 21.8 Å². The average Bonchev–Trinajstić information content (AvgIpc) is 3.25. The van der Waals surface area contributed by atoms with Gasteiger partial charge in [0.05, 0.1) is 10.6 Å². The maximum atomic E-state index is 14.9. The molecule has 0 bridgehead atoms. The molecule has 7 aromatic rings. The summed E-state index contributed by atoms with van der Waals surface area (Å²) < 4.78 is 34.8. The molecule has 1 fully saturated rings. The summed E-state index contributed by atoms with van der Waals surface area (Å²) in [5.41, 5.74) is 3.95. The van der Waals surface area contributed by atoms with Gasteiger partial charge in [0.15, 0.2) is 8.07 Å². The number of nitrogens with zero attached hydrogens (tertiary/aromatic N) is 1. The molecule has 57 heavy (non-hydrogen) atoms. The van der Waals surface area contributed by atoms with E-state index in [4.69, 9.17) is 4.40 Å². The van der Waals surface area contributed by atoms with Crippen LogP contribution >= 0.6 is 0 Å². The van der Waals surface area contributed by atoms with Gasteiger partial charge in [0, 0.05) is 11.3 Å². The van der Waals surface area contributed by atoms with Crippen molar-refractivity contribution in [1.29, 1.82) is 0 Å². The van der Waals surface area contributed by atoms with Crippen LogP contribution in [0.1, 0.15) is 48.9 Å².